The summed E-state index contributed by atoms with van der Waals surface area (Å²) in [6.07, 6.45) is 1.69. The fourth-order valence-corrected chi connectivity index (χ4v) is 2.03. The van der Waals surface area contributed by atoms with Crippen LogP contribution in [0.1, 0.15) is 12.8 Å². The molecule has 1 aromatic heterocycles. The Balaban J connectivity index is 2.27. The molecule has 0 amide bonds. The number of halogens is 2. The molecule has 0 bridgehead atoms. The van der Waals surface area contributed by atoms with E-state index in [1.165, 1.54) is 0 Å². The van der Waals surface area contributed by atoms with E-state index in [-0.39, 0.29) is 0 Å². The number of hydrogen-bond donors (Lipinski definition) is 1. The van der Waals surface area contributed by atoms with E-state index in [4.69, 9.17) is 16.0 Å². The maximum absolute atomic E-state index is 6.19. The van der Waals surface area contributed by atoms with Crippen molar-refractivity contribution < 1.29 is 4.42 Å². The van der Waals surface area contributed by atoms with Crippen molar-refractivity contribution in [1.29, 1.82) is 0 Å². The molecule has 1 aromatic carbocycles. The molecule has 1 N–H and O–H groups in total. The molecule has 0 saturated heterocycles. The number of aromatic nitrogens is 1. The fourth-order valence-electron chi connectivity index (χ4n) is 1.44. The van der Waals surface area contributed by atoms with E-state index in [2.05, 4.69) is 26.2 Å². The van der Waals surface area contributed by atoms with Crippen molar-refractivity contribution in [2.45, 2.75) is 13.5 Å². The zero-order chi connectivity index (χ0) is 12.3. The van der Waals surface area contributed by atoms with Crippen LogP contribution in [0.25, 0.3) is 11.3 Å². The van der Waals surface area contributed by atoms with Crippen molar-refractivity contribution >= 4 is 27.5 Å². The summed E-state index contributed by atoms with van der Waals surface area (Å²) < 4.78 is 6.48. The van der Waals surface area contributed by atoms with E-state index in [9.17, 15) is 0 Å². The summed E-state index contributed by atoms with van der Waals surface area (Å²) in [5.74, 6) is 1.35. The molecule has 2 aromatic rings. The Morgan fingerprint density at radius 2 is 2.29 bits per heavy atom. The van der Waals surface area contributed by atoms with Crippen molar-refractivity contribution in [1.82, 2.24) is 10.3 Å². The standard InChI is InChI=1S/C12H12BrClN2O/c1-2-15-7-11-16-6-10(17-11)8-4-3-5-9(13)12(8)14/h3-6,15H,2,7H2,1H3. The minimum absolute atomic E-state index is 0.627. The third-order valence-corrected chi connectivity index (χ3v) is 3.59. The maximum Gasteiger partial charge on any atom is 0.208 e. The van der Waals surface area contributed by atoms with E-state index in [1.807, 2.05) is 25.1 Å². The quantitative estimate of drug-likeness (QED) is 0.931. The van der Waals surface area contributed by atoms with Gasteiger partial charge in [0.15, 0.2) is 5.76 Å². The lowest BCUT2D eigenvalue weighted by Gasteiger charge is -2.01. The largest absolute Gasteiger partial charge is 0.439 e. The molecular formula is C12H12BrClN2O. The van der Waals surface area contributed by atoms with Gasteiger partial charge >= 0.3 is 0 Å². The second-order valence-electron chi connectivity index (χ2n) is 3.50. The third kappa shape index (κ3) is 2.89. The first-order chi connectivity index (χ1) is 8.22. The Hall–Kier alpha value is -0.840. The second kappa shape index (κ2) is 5.67. The third-order valence-electron chi connectivity index (χ3n) is 2.30. The molecule has 5 heteroatoms. The molecule has 0 atom stereocenters. The summed E-state index contributed by atoms with van der Waals surface area (Å²) >= 11 is 9.58. The van der Waals surface area contributed by atoms with Gasteiger partial charge in [-0.2, -0.15) is 0 Å². The van der Waals surface area contributed by atoms with Gasteiger partial charge < -0.3 is 9.73 Å². The van der Waals surface area contributed by atoms with Gasteiger partial charge in [0.1, 0.15) is 0 Å². The minimum atomic E-state index is 0.627. The molecule has 0 aliphatic carbocycles. The van der Waals surface area contributed by atoms with Crippen molar-refractivity contribution in [3.8, 4) is 11.3 Å². The number of rotatable bonds is 4. The highest BCUT2D eigenvalue weighted by atomic mass is 79.9. The monoisotopic (exact) mass is 314 g/mol. The predicted octanol–water partition coefficient (Wildman–Crippen LogP) is 3.87. The molecule has 0 fully saturated rings. The average Bonchev–Trinajstić information content (AvgIpc) is 2.78. The molecule has 2 rings (SSSR count). The van der Waals surface area contributed by atoms with E-state index in [0.717, 1.165) is 16.6 Å². The number of nitrogens with zero attached hydrogens (tertiary/aromatic N) is 1. The average molecular weight is 316 g/mol. The first-order valence-electron chi connectivity index (χ1n) is 5.32. The van der Waals surface area contributed by atoms with Crippen LogP contribution in [0.15, 0.2) is 33.3 Å². The molecule has 1 heterocycles. The first-order valence-corrected chi connectivity index (χ1v) is 6.49. The van der Waals surface area contributed by atoms with Crippen LogP contribution in [0.5, 0.6) is 0 Å². The normalized spacial score (nSPS) is 10.8. The fraction of sp³-hybridized carbons (Fsp3) is 0.250. The summed E-state index contributed by atoms with van der Waals surface area (Å²) in [5, 5.41) is 3.79. The number of benzene rings is 1. The van der Waals surface area contributed by atoms with Crippen LogP contribution in [0, 0.1) is 0 Å². The summed E-state index contributed by atoms with van der Waals surface area (Å²) in [5.41, 5.74) is 0.844. The SMILES string of the molecule is CCNCc1ncc(-c2cccc(Br)c2Cl)o1. The Bertz CT molecular complexity index is 513. The van der Waals surface area contributed by atoms with Gasteiger partial charge in [-0.1, -0.05) is 24.6 Å². The van der Waals surface area contributed by atoms with Gasteiger partial charge in [-0.15, -0.1) is 0 Å². The lowest BCUT2D eigenvalue weighted by molar-refractivity contribution is 0.482. The van der Waals surface area contributed by atoms with E-state index < -0.39 is 0 Å². The maximum atomic E-state index is 6.19. The van der Waals surface area contributed by atoms with Crippen LogP contribution in [0.3, 0.4) is 0 Å². The summed E-state index contributed by atoms with van der Waals surface area (Å²) in [6.45, 7) is 3.55. The second-order valence-corrected chi connectivity index (χ2v) is 4.73. The molecular weight excluding hydrogens is 304 g/mol. The molecule has 90 valence electrons. The van der Waals surface area contributed by atoms with Crippen LogP contribution >= 0.6 is 27.5 Å². The Kier molecular flexibility index (Phi) is 4.20. The van der Waals surface area contributed by atoms with Gasteiger partial charge in [0.25, 0.3) is 0 Å². The van der Waals surface area contributed by atoms with Crippen molar-refractivity contribution in [3.05, 3.63) is 39.8 Å². The molecule has 0 spiro atoms. The van der Waals surface area contributed by atoms with Crippen LogP contribution in [-0.4, -0.2) is 11.5 Å². The molecule has 17 heavy (non-hydrogen) atoms. The van der Waals surface area contributed by atoms with Gasteiger partial charge in [0, 0.05) is 10.0 Å². The molecule has 0 aliphatic rings. The molecule has 0 aliphatic heterocycles. The van der Waals surface area contributed by atoms with E-state index in [1.54, 1.807) is 6.20 Å². The highest BCUT2D eigenvalue weighted by molar-refractivity contribution is 9.10. The smallest absolute Gasteiger partial charge is 0.208 e. The minimum Gasteiger partial charge on any atom is -0.439 e. The zero-order valence-electron chi connectivity index (χ0n) is 9.34. The first kappa shape index (κ1) is 12.6. The Morgan fingerprint density at radius 3 is 3.06 bits per heavy atom. The van der Waals surface area contributed by atoms with Crippen molar-refractivity contribution in [2.24, 2.45) is 0 Å². The number of hydrogen-bond acceptors (Lipinski definition) is 3. The van der Waals surface area contributed by atoms with Gasteiger partial charge in [-0.25, -0.2) is 4.98 Å². The molecule has 0 radical (unpaired) electrons. The van der Waals surface area contributed by atoms with Gasteiger partial charge in [-0.3, -0.25) is 0 Å². The number of nitrogens with one attached hydrogen (secondary N) is 1. The van der Waals surface area contributed by atoms with Crippen molar-refractivity contribution in [3.63, 3.8) is 0 Å². The van der Waals surface area contributed by atoms with E-state index in [0.29, 0.717) is 23.2 Å². The van der Waals surface area contributed by atoms with Crippen LogP contribution < -0.4 is 5.32 Å². The van der Waals surface area contributed by atoms with Gasteiger partial charge in [0.05, 0.1) is 17.8 Å². The van der Waals surface area contributed by atoms with Crippen LogP contribution in [0.4, 0.5) is 0 Å². The summed E-state index contributed by atoms with van der Waals surface area (Å²) in [4.78, 5) is 4.20. The topological polar surface area (TPSA) is 38.1 Å². The molecule has 3 nitrogen and oxygen atoms in total. The molecule has 0 saturated carbocycles. The van der Waals surface area contributed by atoms with Crippen LogP contribution in [0.2, 0.25) is 5.02 Å². The lowest BCUT2D eigenvalue weighted by atomic mass is 10.2. The Labute approximate surface area is 113 Å². The highest BCUT2D eigenvalue weighted by Gasteiger charge is 2.11. The van der Waals surface area contributed by atoms with Gasteiger partial charge in [0.2, 0.25) is 5.89 Å². The predicted molar refractivity (Wildman–Crippen MR) is 72.0 cm³/mol. The molecule has 0 unspecified atom stereocenters. The zero-order valence-corrected chi connectivity index (χ0v) is 11.7. The van der Waals surface area contributed by atoms with Gasteiger partial charge in [-0.05, 0) is 34.6 Å². The highest BCUT2D eigenvalue weighted by Crippen LogP contribution is 2.33. The van der Waals surface area contributed by atoms with Crippen LogP contribution in [-0.2, 0) is 6.54 Å². The Morgan fingerprint density at radius 1 is 1.47 bits per heavy atom. The lowest BCUT2D eigenvalue weighted by Crippen LogP contribution is -2.11. The van der Waals surface area contributed by atoms with E-state index >= 15 is 0 Å². The summed E-state index contributed by atoms with van der Waals surface area (Å²) in [6, 6.07) is 5.71. The summed E-state index contributed by atoms with van der Waals surface area (Å²) in [7, 11) is 0. The van der Waals surface area contributed by atoms with Crippen molar-refractivity contribution in [2.75, 3.05) is 6.54 Å². The number of oxazole rings is 1.